The lowest BCUT2D eigenvalue weighted by molar-refractivity contribution is -0.146. The summed E-state index contributed by atoms with van der Waals surface area (Å²) in [4.78, 5) is 29.5. The third-order valence-electron chi connectivity index (χ3n) is 3.85. The van der Waals surface area contributed by atoms with Crippen molar-refractivity contribution in [1.29, 1.82) is 0 Å². The molecule has 108 valence electrons. The van der Waals surface area contributed by atoms with E-state index < -0.39 is 0 Å². The van der Waals surface area contributed by atoms with E-state index in [0.717, 1.165) is 5.56 Å². The zero-order valence-corrected chi connectivity index (χ0v) is 11.9. The highest BCUT2D eigenvalue weighted by Crippen LogP contribution is 2.24. The lowest BCUT2D eigenvalue weighted by Gasteiger charge is -2.16. The minimum atomic E-state index is -0.220. The zero-order chi connectivity index (χ0) is 14.5. The second-order valence-corrected chi connectivity index (χ2v) is 5.26. The fourth-order valence-corrected chi connectivity index (χ4v) is 2.59. The second kappa shape index (κ2) is 6.50. The van der Waals surface area contributed by atoms with Crippen LogP contribution in [0.2, 0.25) is 0 Å². The van der Waals surface area contributed by atoms with Gasteiger partial charge in [0.1, 0.15) is 0 Å². The Morgan fingerprint density at radius 2 is 2.05 bits per heavy atom. The molecule has 1 saturated heterocycles. The van der Waals surface area contributed by atoms with Gasteiger partial charge in [0.05, 0.1) is 13.0 Å². The number of aryl methyl sites for hydroxylation is 1. The van der Waals surface area contributed by atoms with Gasteiger partial charge >= 0.3 is 5.97 Å². The summed E-state index contributed by atoms with van der Waals surface area (Å²) in [6, 6.07) is 3.83. The summed E-state index contributed by atoms with van der Waals surface area (Å²) < 4.78 is 4.78. The molecule has 1 aromatic rings. The molecule has 2 rings (SSSR count). The third-order valence-corrected chi connectivity index (χ3v) is 3.85. The number of esters is 1. The molecule has 0 bridgehead atoms. The number of amides is 1. The van der Waals surface area contributed by atoms with Crippen LogP contribution in [0, 0.1) is 11.8 Å². The van der Waals surface area contributed by atoms with E-state index in [4.69, 9.17) is 4.74 Å². The lowest BCUT2D eigenvalue weighted by atomic mass is 9.99. The van der Waals surface area contributed by atoms with Crippen molar-refractivity contribution in [2.24, 2.45) is 11.8 Å². The summed E-state index contributed by atoms with van der Waals surface area (Å²) in [5.41, 5.74) is 1.10. The molecule has 1 aliphatic rings. The number of likely N-dealkylation sites (tertiary alicyclic amines) is 1. The van der Waals surface area contributed by atoms with Crippen LogP contribution in [-0.4, -0.2) is 42.0 Å². The molecule has 2 unspecified atom stereocenters. The number of aromatic nitrogens is 1. The van der Waals surface area contributed by atoms with Crippen molar-refractivity contribution in [2.75, 3.05) is 20.2 Å². The Balaban J connectivity index is 1.86. The summed E-state index contributed by atoms with van der Waals surface area (Å²) in [5.74, 6) is -0.154. The maximum absolute atomic E-state index is 12.2. The van der Waals surface area contributed by atoms with Gasteiger partial charge < -0.3 is 9.64 Å². The largest absolute Gasteiger partial charge is 0.469 e. The molecular weight excluding hydrogens is 256 g/mol. The minimum Gasteiger partial charge on any atom is -0.469 e. The Kier molecular flexibility index (Phi) is 4.71. The van der Waals surface area contributed by atoms with E-state index in [-0.39, 0.29) is 23.7 Å². The number of hydrogen-bond acceptors (Lipinski definition) is 4. The normalized spacial score (nSPS) is 21.8. The maximum Gasteiger partial charge on any atom is 0.310 e. The van der Waals surface area contributed by atoms with Crippen molar-refractivity contribution in [3.63, 3.8) is 0 Å². The first kappa shape index (κ1) is 14.5. The van der Waals surface area contributed by atoms with Gasteiger partial charge in [0, 0.05) is 31.9 Å². The van der Waals surface area contributed by atoms with E-state index in [1.807, 2.05) is 19.1 Å². The molecule has 1 aliphatic heterocycles. The maximum atomic E-state index is 12.2. The molecule has 0 aliphatic carbocycles. The SMILES string of the molecule is COC(=O)C1CN(C(=O)CCc2ccncc2)CC1C. The van der Waals surface area contributed by atoms with Gasteiger partial charge in [-0.25, -0.2) is 0 Å². The molecule has 0 radical (unpaired) electrons. The van der Waals surface area contributed by atoms with E-state index in [0.29, 0.717) is 25.9 Å². The molecule has 2 atom stereocenters. The standard InChI is InChI=1S/C15H20N2O3/c1-11-9-17(10-13(11)15(19)20-2)14(18)4-3-12-5-7-16-8-6-12/h5-8,11,13H,3-4,9-10H2,1-2H3. The number of methoxy groups -OCH3 is 1. The molecular formula is C15H20N2O3. The van der Waals surface area contributed by atoms with Crippen LogP contribution < -0.4 is 0 Å². The van der Waals surface area contributed by atoms with Crippen LogP contribution in [0.15, 0.2) is 24.5 Å². The molecule has 0 N–H and O–H groups in total. The highest BCUT2D eigenvalue weighted by Gasteiger charge is 2.37. The third kappa shape index (κ3) is 3.35. The second-order valence-electron chi connectivity index (χ2n) is 5.26. The predicted molar refractivity (Wildman–Crippen MR) is 73.8 cm³/mol. The minimum absolute atomic E-state index is 0.0973. The van der Waals surface area contributed by atoms with Crippen molar-refractivity contribution in [1.82, 2.24) is 9.88 Å². The number of rotatable bonds is 4. The number of nitrogens with zero attached hydrogens (tertiary/aromatic N) is 2. The van der Waals surface area contributed by atoms with E-state index in [1.165, 1.54) is 7.11 Å². The number of ether oxygens (including phenoxy) is 1. The van der Waals surface area contributed by atoms with Crippen molar-refractivity contribution in [3.8, 4) is 0 Å². The highest BCUT2D eigenvalue weighted by molar-refractivity contribution is 5.79. The molecule has 2 heterocycles. The van der Waals surface area contributed by atoms with Gasteiger partial charge in [-0.3, -0.25) is 14.6 Å². The topological polar surface area (TPSA) is 59.5 Å². The lowest BCUT2D eigenvalue weighted by Crippen LogP contribution is -2.30. The average molecular weight is 276 g/mol. The quantitative estimate of drug-likeness (QED) is 0.777. The molecule has 20 heavy (non-hydrogen) atoms. The van der Waals surface area contributed by atoms with Crippen LogP contribution in [-0.2, 0) is 20.7 Å². The molecule has 1 aromatic heterocycles. The first-order chi connectivity index (χ1) is 9.61. The monoisotopic (exact) mass is 276 g/mol. The Morgan fingerprint density at radius 1 is 1.35 bits per heavy atom. The van der Waals surface area contributed by atoms with Crippen LogP contribution in [0.25, 0.3) is 0 Å². The molecule has 0 saturated carbocycles. The first-order valence-electron chi connectivity index (χ1n) is 6.86. The van der Waals surface area contributed by atoms with Crippen LogP contribution >= 0.6 is 0 Å². The molecule has 1 amide bonds. The van der Waals surface area contributed by atoms with E-state index in [2.05, 4.69) is 4.98 Å². The summed E-state index contributed by atoms with van der Waals surface area (Å²) in [7, 11) is 1.39. The fraction of sp³-hybridized carbons (Fsp3) is 0.533. The Bertz CT molecular complexity index is 475. The fourth-order valence-electron chi connectivity index (χ4n) is 2.59. The van der Waals surface area contributed by atoms with Gasteiger partial charge in [0.2, 0.25) is 5.91 Å². The number of carbonyl (C=O) groups is 2. The van der Waals surface area contributed by atoms with Crippen LogP contribution in [0.4, 0.5) is 0 Å². The first-order valence-corrected chi connectivity index (χ1v) is 6.86. The number of pyridine rings is 1. The summed E-state index contributed by atoms with van der Waals surface area (Å²) >= 11 is 0. The van der Waals surface area contributed by atoms with Crippen LogP contribution in [0.1, 0.15) is 18.9 Å². The smallest absolute Gasteiger partial charge is 0.310 e. The molecule has 5 nitrogen and oxygen atoms in total. The Hall–Kier alpha value is -1.91. The number of hydrogen-bond donors (Lipinski definition) is 0. The van der Waals surface area contributed by atoms with Gasteiger partial charge in [0.15, 0.2) is 0 Å². The highest BCUT2D eigenvalue weighted by atomic mass is 16.5. The van der Waals surface area contributed by atoms with Crippen LogP contribution in [0.3, 0.4) is 0 Å². The molecule has 0 spiro atoms. The van der Waals surface area contributed by atoms with Crippen molar-refractivity contribution >= 4 is 11.9 Å². The van der Waals surface area contributed by atoms with Crippen molar-refractivity contribution in [3.05, 3.63) is 30.1 Å². The molecule has 1 fully saturated rings. The van der Waals surface area contributed by atoms with Gasteiger partial charge in [-0.2, -0.15) is 0 Å². The van der Waals surface area contributed by atoms with E-state index in [1.54, 1.807) is 17.3 Å². The van der Waals surface area contributed by atoms with E-state index >= 15 is 0 Å². The zero-order valence-electron chi connectivity index (χ0n) is 11.9. The van der Waals surface area contributed by atoms with Crippen molar-refractivity contribution in [2.45, 2.75) is 19.8 Å². The van der Waals surface area contributed by atoms with Gasteiger partial charge in [-0.1, -0.05) is 6.92 Å². The van der Waals surface area contributed by atoms with E-state index in [9.17, 15) is 9.59 Å². The van der Waals surface area contributed by atoms with Gasteiger partial charge in [-0.15, -0.1) is 0 Å². The van der Waals surface area contributed by atoms with Gasteiger partial charge in [0.25, 0.3) is 0 Å². The molecule has 0 aromatic carbocycles. The Morgan fingerprint density at radius 3 is 2.70 bits per heavy atom. The predicted octanol–water partition coefficient (Wildman–Crippen LogP) is 1.28. The number of carbonyl (C=O) groups excluding carboxylic acids is 2. The van der Waals surface area contributed by atoms with Crippen LogP contribution in [0.5, 0.6) is 0 Å². The average Bonchev–Trinajstić information content (AvgIpc) is 2.87. The summed E-state index contributed by atoms with van der Waals surface area (Å²) in [6.07, 6.45) is 4.62. The Labute approximate surface area is 118 Å². The summed E-state index contributed by atoms with van der Waals surface area (Å²) in [5, 5.41) is 0. The van der Waals surface area contributed by atoms with Gasteiger partial charge in [-0.05, 0) is 30.0 Å². The summed E-state index contributed by atoms with van der Waals surface area (Å²) in [6.45, 7) is 3.09. The molecule has 5 heteroatoms. The van der Waals surface area contributed by atoms with Crippen molar-refractivity contribution < 1.29 is 14.3 Å².